The van der Waals surface area contributed by atoms with Crippen LogP contribution in [0.3, 0.4) is 0 Å². The van der Waals surface area contributed by atoms with Crippen molar-refractivity contribution in [3.63, 3.8) is 0 Å². The fourth-order valence-electron chi connectivity index (χ4n) is 4.07. The molecule has 2 aromatic carbocycles. The maximum Gasteiger partial charge on any atom is 0.434 e. The highest BCUT2D eigenvalue weighted by atomic mass is 35.5. The number of carbonyl (C=O) groups excluding carboxylic acids is 1. The van der Waals surface area contributed by atoms with Crippen molar-refractivity contribution in [1.82, 2.24) is 14.7 Å². The molecule has 0 radical (unpaired) electrons. The largest absolute Gasteiger partial charge is 0.495 e. The van der Waals surface area contributed by atoms with Crippen molar-refractivity contribution >= 4 is 35.2 Å². The molecule has 2 heterocycles. The highest BCUT2D eigenvalue weighted by Crippen LogP contribution is 2.41. The lowest BCUT2D eigenvalue weighted by Crippen LogP contribution is -2.50. The lowest BCUT2D eigenvalue weighted by Gasteiger charge is -2.38. The first-order valence-electron chi connectivity index (χ1n) is 10.5. The van der Waals surface area contributed by atoms with Gasteiger partial charge in [-0.25, -0.2) is 9.07 Å². The number of nitrogens with zero attached hydrogens (tertiary/aromatic N) is 4. The van der Waals surface area contributed by atoms with E-state index < -0.39 is 28.9 Å². The van der Waals surface area contributed by atoms with Crippen LogP contribution in [0.1, 0.15) is 11.9 Å². The first-order valence-corrected chi connectivity index (χ1v) is 11.3. The summed E-state index contributed by atoms with van der Waals surface area (Å²) >= 11 is 12.2. The van der Waals surface area contributed by atoms with Gasteiger partial charge >= 0.3 is 6.18 Å². The molecule has 0 amide bonds. The summed E-state index contributed by atoms with van der Waals surface area (Å²) < 4.78 is 61.5. The van der Waals surface area contributed by atoms with Gasteiger partial charge in [0.2, 0.25) is 0 Å². The summed E-state index contributed by atoms with van der Waals surface area (Å²) in [6.07, 6.45) is -5.85. The van der Waals surface area contributed by atoms with Crippen molar-refractivity contribution in [2.45, 2.75) is 12.3 Å². The van der Waals surface area contributed by atoms with Gasteiger partial charge in [0.15, 0.2) is 18.1 Å². The van der Waals surface area contributed by atoms with Gasteiger partial charge in [-0.2, -0.15) is 18.3 Å². The van der Waals surface area contributed by atoms with Gasteiger partial charge in [-0.15, -0.1) is 0 Å². The number of methoxy groups -OCH3 is 1. The number of aromatic nitrogens is 2. The van der Waals surface area contributed by atoms with E-state index in [1.54, 1.807) is 17.0 Å². The molecule has 35 heavy (non-hydrogen) atoms. The van der Waals surface area contributed by atoms with Crippen LogP contribution in [0.4, 0.5) is 23.2 Å². The molecule has 1 atom stereocenters. The molecule has 186 valence electrons. The van der Waals surface area contributed by atoms with Gasteiger partial charge in [0.05, 0.1) is 17.2 Å². The first-order chi connectivity index (χ1) is 16.6. The molecule has 1 aliphatic heterocycles. The molecule has 3 aromatic rings. The van der Waals surface area contributed by atoms with Crippen LogP contribution in [0.5, 0.6) is 5.75 Å². The molecule has 12 heteroatoms. The highest BCUT2D eigenvalue weighted by Gasteiger charge is 2.43. The minimum Gasteiger partial charge on any atom is -0.495 e. The zero-order valence-corrected chi connectivity index (χ0v) is 19.9. The number of hydrogen-bond acceptors (Lipinski definition) is 5. The Kier molecular flexibility index (Phi) is 7.25. The number of anilines is 1. The van der Waals surface area contributed by atoms with Crippen LogP contribution in [-0.4, -0.2) is 54.3 Å². The molecule has 1 aromatic heterocycles. The van der Waals surface area contributed by atoms with Crippen LogP contribution in [0.2, 0.25) is 10.0 Å². The Morgan fingerprint density at radius 3 is 2.40 bits per heavy atom. The Labute approximate surface area is 208 Å². The van der Waals surface area contributed by atoms with Gasteiger partial charge in [0.25, 0.3) is 0 Å². The Hall–Kier alpha value is -2.82. The standard InChI is InChI=1S/C23H20Cl2F4N4O2/c1-35-18-12-16(5-6-17(18)24)31-7-9-32(10-8-31)19(13-34)33-22(23(27,28)29)20(25)21(30-33)14-3-2-4-15(26)11-14/h2-6,11-13,19H,7-10H2,1H3. The molecule has 1 saturated heterocycles. The van der Waals surface area contributed by atoms with Crippen molar-refractivity contribution in [3.8, 4) is 17.0 Å². The first kappa shape index (κ1) is 25.3. The molecule has 6 nitrogen and oxygen atoms in total. The van der Waals surface area contributed by atoms with Crippen LogP contribution in [-0.2, 0) is 11.0 Å². The molecule has 4 rings (SSSR count). The lowest BCUT2D eigenvalue weighted by molar-refractivity contribution is -0.147. The van der Waals surface area contributed by atoms with E-state index in [2.05, 4.69) is 5.10 Å². The number of halogens is 6. The summed E-state index contributed by atoms with van der Waals surface area (Å²) in [4.78, 5) is 15.6. The van der Waals surface area contributed by atoms with E-state index in [1.807, 2.05) is 11.0 Å². The highest BCUT2D eigenvalue weighted by molar-refractivity contribution is 6.34. The molecular weight excluding hydrogens is 511 g/mol. The number of benzene rings is 2. The van der Waals surface area contributed by atoms with E-state index >= 15 is 0 Å². The second kappa shape index (κ2) is 10.0. The third-order valence-electron chi connectivity index (χ3n) is 5.78. The minimum absolute atomic E-state index is 0.0744. The molecule has 1 fully saturated rings. The maximum absolute atomic E-state index is 14.0. The van der Waals surface area contributed by atoms with E-state index in [0.717, 1.165) is 17.8 Å². The van der Waals surface area contributed by atoms with Gasteiger partial charge in [-0.3, -0.25) is 9.69 Å². The predicted molar refractivity (Wildman–Crippen MR) is 125 cm³/mol. The van der Waals surface area contributed by atoms with Crippen LogP contribution >= 0.6 is 23.2 Å². The monoisotopic (exact) mass is 530 g/mol. The number of carbonyl (C=O) groups is 1. The molecule has 1 unspecified atom stereocenters. The summed E-state index contributed by atoms with van der Waals surface area (Å²) in [5.74, 6) is -0.146. The van der Waals surface area contributed by atoms with E-state index in [-0.39, 0.29) is 24.3 Å². The van der Waals surface area contributed by atoms with E-state index in [0.29, 0.717) is 34.8 Å². The molecule has 1 aliphatic rings. The quantitative estimate of drug-likeness (QED) is 0.309. The van der Waals surface area contributed by atoms with Crippen molar-refractivity contribution in [2.75, 3.05) is 38.2 Å². The molecule has 0 spiro atoms. The average molecular weight is 531 g/mol. The van der Waals surface area contributed by atoms with Crippen LogP contribution < -0.4 is 9.64 Å². The molecule has 0 aliphatic carbocycles. The SMILES string of the molecule is COc1cc(N2CCN(C(C=O)n3nc(-c4cccc(F)c4)c(Cl)c3C(F)(F)F)CC2)ccc1Cl. The van der Waals surface area contributed by atoms with Crippen LogP contribution in [0, 0.1) is 5.82 Å². The number of ether oxygens (including phenoxy) is 1. The minimum atomic E-state index is -4.89. The van der Waals surface area contributed by atoms with Gasteiger partial charge in [0, 0.05) is 43.5 Å². The van der Waals surface area contributed by atoms with Crippen LogP contribution in [0.25, 0.3) is 11.3 Å². The van der Waals surface area contributed by atoms with Gasteiger partial charge < -0.3 is 9.64 Å². The molecule has 0 saturated carbocycles. The Morgan fingerprint density at radius 1 is 1.09 bits per heavy atom. The third-order valence-corrected chi connectivity index (χ3v) is 6.45. The van der Waals surface area contributed by atoms with Crippen molar-refractivity contribution < 1.29 is 27.1 Å². The number of hydrogen-bond donors (Lipinski definition) is 0. The van der Waals surface area contributed by atoms with E-state index in [4.69, 9.17) is 27.9 Å². The third kappa shape index (κ3) is 5.10. The fourth-order valence-corrected chi connectivity index (χ4v) is 4.60. The van der Waals surface area contributed by atoms with Gasteiger partial charge in [-0.1, -0.05) is 35.3 Å². The maximum atomic E-state index is 14.0. The second-order valence-electron chi connectivity index (χ2n) is 7.86. The molecular formula is C23H20Cl2F4N4O2. The van der Waals surface area contributed by atoms with Crippen molar-refractivity contribution in [2.24, 2.45) is 0 Å². The fraction of sp³-hybridized carbons (Fsp3) is 0.304. The number of alkyl halides is 3. The zero-order chi connectivity index (χ0) is 25.3. The van der Waals surface area contributed by atoms with Gasteiger partial charge in [0.1, 0.15) is 17.3 Å². The van der Waals surface area contributed by atoms with E-state index in [1.165, 1.54) is 19.2 Å². The Morgan fingerprint density at radius 2 is 1.80 bits per heavy atom. The molecule has 0 bridgehead atoms. The normalized spacial score (nSPS) is 15.8. The number of rotatable bonds is 6. The number of aldehydes is 1. The summed E-state index contributed by atoms with van der Waals surface area (Å²) in [5.41, 5.74) is -0.608. The molecule has 0 N–H and O–H groups in total. The summed E-state index contributed by atoms with van der Waals surface area (Å²) in [6.45, 7) is 1.42. The van der Waals surface area contributed by atoms with Crippen molar-refractivity contribution in [1.29, 1.82) is 0 Å². The Bertz CT molecular complexity index is 1230. The smallest absolute Gasteiger partial charge is 0.434 e. The second-order valence-corrected chi connectivity index (χ2v) is 8.64. The van der Waals surface area contributed by atoms with Crippen LogP contribution in [0.15, 0.2) is 42.5 Å². The zero-order valence-electron chi connectivity index (χ0n) is 18.4. The van der Waals surface area contributed by atoms with E-state index in [9.17, 15) is 22.4 Å². The van der Waals surface area contributed by atoms with Crippen molar-refractivity contribution in [3.05, 3.63) is 64.0 Å². The van der Waals surface area contributed by atoms with Gasteiger partial charge in [-0.05, 0) is 24.3 Å². The summed E-state index contributed by atoms with van der Waals surface area (Å²) in [7, 11) is 1.50. The predicted octanol–water partition coefficient (Wildman–Crippen LogP) is 5.54. The summed E-state index contributed by atoms with van der Waals surface area (Å²) in [5, 5.41) is 3.79. The topological polar surface area (TPSA) is 50.6 Å². The lowest BCUT2D eigenvalue weighted by atomic mass is 10.1. The summed E-state index contributed by atoms with van der Waals surface area (Å²) in [6, 6.07) is 10.2. The number of piperazine rings is 1. The average Bonchev–Trinajstić information content (AvgIpc) is 3.17. The Balaban J connectivity index is 1.63.